The third-order valence-electron chi connectivity index (χ3n) is 9.83. The van der Waals surface area contributed by atoms with E-state index >= 15 is 0 Å². The summed E-state index contributed by atoms with van der Waals surface area (Å²) in [5.74, 6) is 0.355. The first-order valence-corrected chi connectivity index (χ1v) is 15.1. The molecule has 40 heavy (non-hydrogen) atoms. The van der Waals surface area contributed by atoms with Gasteiger partial charge in [-0.3, -0.25) is 0 Å². The smallest absolute Gasteiger partial charge is 0.0686 e. The molecule has 2 heteroatoms. The van der Waals surface area contributed by atoms with E-state index in [9.17, 15) is 0 Å². The zero-order valence-electron chi connectivity index (χ0n) is 22.9. The van der Waals surface area contributed by atoms with Crippen molar-refractivity contribution in [3.63, 3.8) is 0 Å². The van der Waals surface area contributed by atoms with Gasteiger partial charge in [-0.05, 0) is 69.8 Å². The van der Waals surface area contributed by atoms with Gasteiger partial charge in [-0.1, -0.05) is 105 Å². The van der Waals surface area contributed by atoms with Gasteiger partial charge in [0.05, 0.1) is 15.8 Å². The van der Waals surface area contributed by atoms with Crippen molar-refractivity contribution in [1.29, 1.82) is 0 Å². The molecule has 0 radical (unpaired) electrons. The summed E-state index contributed by atoms with van der Waals surface area (Å²) < 4.78 is 2.48. The maximum atomic E-state index is 2.56. The van der Waals surface area contributed by atoms with Gasteiger partial charge in [0.15, 0.2) is 0 Å². The lowest BCUT2D eigenvalue weighted by atomic mass is 9.80. The van der Waals surface area contributed by atoms with Crippen molar-refractivity contribution in [2.45, 2.75) is 41.7 Å². The SMILES string of the molecule is CC1(C)c2ccccc2-c2ccc3c(ccc4c3c3ccccc3n4C3=CC=CC4c5ccccc5SC34C)c21. The van der Waals surface area contributed by atoms with Crippen molar-refractivity contribution in [2.24, 2.45) is 0 Å². The molecule has 1 nitrogen and oxygen atoms in total. The van der Waals surface area contributed by atoms with Gasteiger partial charge in [0.2, 0.25) is 0 Å². The second kappa shape index (κ2) is 7.59. The Balaban J connectivity index is 1.35. The van der Waals surface area contributed by atoms with Crippen molar-refractivity contribution in [3.05, 3.63) is 132 Å². The maximum Gasteiger partial charge on any atom is 0.0686 e. The van der Waals surface area contributed by atoms with Crippen LogP contribution >= 0.6 is 11.8 Å². The van der Waals surface area contributed by atoms with Crippen LogP contribution in [-0.4, -0.2) is 9.31 Å². The molecule has 2 aliphatic carbocycles. The predicted octanol–water partition coefficient (Wildman–Crippen LogP) is 10.3. The van der Waals surface area contributed by atoms with Gasteiger partial charge in [-0.15, -0.1) is 11.8 Å². The third kappa shape index (κ3) is 2.66. The molecule has 2 heterocycles. The van der Waals surface area contributed by atoms with Crippen LogP contribution in [0.5, 0.6) is 0 Å². The molecule has 0 saturated heterocycles. The number of para-hydroxylation sites is 1. The molecule has 192 valence electrons. The lowest BCUT2D eigenvalue weighted by molar-refractivity contribution is 0.666. The van der Waals surface area contributed by atoms with Crippen LogP contribution in [0.2, 0.25) is 0 Å². The van der Waals surface area contributed by atoms with Crippen molar-refractivity contribution >= 4 is 50.0 Å². The van der Waals surface area contributed by atoms with E-state index in [1.54, 1.807) is 0 Å². The molecule has 9 rings (SSSR count). The summed E-state index contributed by atoms with van der Waals surface area (Å²) in [6.45, 7) is 7.21. The first-order valence-electron chi connectivity index (χ1n) is 14.2. The Morgan fingerprint density at radius 3 is 2.38 bits per heavy atom. The number of allylic oxidation sites excluding steroid dienone is 3. The fraction of sp³-hybridized carbons (Fsp3) is 0.158. The molecule has 0 N–H and O–H groups in total. The van der Waals surface area contributed by atoms with Crippen LogP contribution in [-0.2, 0) is 5.41 Å². The molecule has 0 saturated carbocycles. The highest BCUT2D eigenvalue weighted by Crippen LogP contribution is 2.60. The zero-order valence-corrected chi connectivity index (χ0v) is 23.7. The monoisotopic (exact) mass is 531 g/mol. The van der Waals surface area contributed by atoms with Crippen molar-refractivity contribution in [3.8, 4) is 11.1 Å². The number of rotatable bonds is 1. The van der Waals surface area contributed by atoms with Crippen molar-refractivity contribution in [1.82, 2.24) is 4.57 Å². The van der Waals surface area contributed by atoms with Gasteiger partial charge >= 0.3 is 0 Å². The Morgan fingerprint density at radius 2 is 1.45 bits per heavy atom. The molecule has 0 fully saturated rings. The minimum atomic E-state index is -0.0797. The number of nitrogens with zero attached hydrogens (tertiary/aromatic N) is 1. The number of hydrogen-bond donors (Lipinski definition) is 0. The molecule has 1 aromatic heterocycles. The van der Waals surface area contributed by atoms with Crippen molar-refractivity contribution < 1.29 is 0 Å². The molecule has 0 bridgehead atoms. The molecule has 0 spiro atoms. The lowest BCUT2D eigenvalue weighted by Crippen LogP contribution is -2.30. The molecule has 3 aliphatic rings. The summed E-state index contributed by atoms with van der Waals surface area (Å²) >= 11 is 2.02. The minimum absolute atomic E-state index is 0.0405. The molecule has 0 amide bonds. The van der Waals surface area contributed by atoms with E-state index in [1.165, 1.54) is 71.0 Å². The quantitative estimate of drug-likeness (QED) is 0.204. The molecular weight excluding hydrogens is 502 g/mol. The number of thioether (sulfide) groups is 1. The molecule has 6 aromatic rings. The van der Waals surface area contributed by atoms with E-state index in [4.69, 9.17) is 0 Å². The van der Waals surface area contributed by atoms with Crippen LogP contribution in [0.3, 0.4) is 0 Å². The highest BCUT2D eigenvalue weighted by molar-refractivity contribution is 8.01. The van der Waals surface area contributed by atoms with Gasteiger partial charge in [0.1, 0.15) is 0 Å². The van der Waals surface area contributed by atoms with Gasteiger partial charge in [-0.25, -0.2) is 0 Å². The number of aromatic nitrogens is 1. The van der Waals surface area contributed by atoms with Crippen LogP contribution in [0.25, 0.3) is 49.4 Å². The molecule has 2 unspecified atom stereocenters. The number of fused-ring (bicyclic) bond motifs is 12. The summed E-state index contributed by atoms with van der Waals surface area (Å²) in [6.07, 6.45) is 7.03. The molecule has 5 aromatic carbocycles. The number of benzene rings is 5. The Labute approximate surface area is 238 Å². The Morgan fingerprint density at radius 1 is 0.675 bits per heavy atom. The first-order chi connectivity index (χ1) is 19.5. The fourth-order valence-corrected chi connectivity index (χ4v) is 9.58. The number of hydrogen-bond acceptors (Lipinski definition) is 1. The Kier molecular flexibility index (Phi) is 4.32. The third-order valence-corrected chi connectivity index (χ3v) is 11.3. The summed E-state index contributed by atoms with van der Waals surface area (Å²) in [4.78, 5) is 1.40. The summed E-state index contributed by atoms with van der Waals surface area (Å²) in [5.41, 5.74) is 11.0. The lowest BCUT2D eigenvalue weighted by Gasteiger charge is -2.35. The topological polar surface area (TPSA) is 4.93 Å². The van der Waals surface area contributed by atoms with E-state index in [0.717, 1.165) is 0 Å². The molecular formula is C38H29NS. The largest absolute Gasteiger partial charge is 0.311 e. The van der Waals surface area contributed by atoms with E-state index in [2.05, 4.69) is 141 Å². The van der Waals surface area contributed by atoms with E-state index in [-0.39, 0.29) is 10.2 Å². The van der Waals surface area contributed by atoms with Crippen LogP contribution in [0.15, 0.2) is 120 Å². The van der Waals surface area contributed by atoms with Gasteiger partial charge in [0.25, 0.3) is 0 Å². The van der Waals surface area contributed by atoms with Gasteiger partial charge in [-0.2, -0.15) is 0 Å². The summed E-state index contributed by atoms with van der Waals surface area (Å²) in [5, 5.41) is 5.41. The minimum Gasteiger partial charge on any atom is -0.311 e. The predicted molar refractivity (Wildman–Crippen MR) is 171 cm³/mol. The molecule has 1 aliphatic heterocycles. The van der Waals surface area contributed by atoms with Gasteiger partial charge in [0, 0.05) is 32.7 Å². The summed E-state index contributed by atoms with van der Waals surface area (Å²) in [6, 6.07) is 36.4. The molecule has 2 atom stereocenters. The average molecular weight is 532 g/mol. The normalized spacial score (nSPS) is 21.9. The fourth-order valence-electron chi connectivity index (χ4n) is 8.07. The Bertz CT molecular complexity index is 2140. The zero-order chi connectivity index (χ0) is 26.8. The first kappa shape index (κ1) is 22.8. The van der Waals surface area contributed by atoms with Gasteiger partial charge < -0.3 is 4.57 Å². The van der Waals surface area contributed by atoms with Crippen LogP contribution in [0.1, 0.15) is 43.4 Å². The maximum absolute atomic E-state index is 2.56. The van der Waals surface area contributed by atoms with E-state index in [1.807, 2.05) is 11.8 Å². The second-order valence-corrected chi connectivity index (χ2v) is 13.7. The Hall–Kier alpha value is -4.01. The standard InChI is InChI=1S/C38H29NS/c1-37(2)29-14-7-4-11-23(29)25-20-19-24-26(36(25)37)21-22-32-35(24)28-13-5-8-16-31(28)39(32)34-18-10-15-30-27-12-6-9-17-33(27)40-38(30,34)3/h4-22,30H,1-3H3. The van der Waals surface area contributed by atoms with Crippen molar-refractivity contribution in [2.75, 3.05) is 0 Å². The van der Waals surface area contributed by atoms with Crippen LogP contribution in [0.4, 0.5) is 0 Å². The van der Waals surface area contributed by atoms with Crippen LogP contribution < -0.4 is 0 Å². The van der Waals surface area contributed by atoms with E-state index in [0.29, 0.717) is 5.92 Å². The highest BCUT2D eigenvalue weighted by Gasteiger charge is 2.47. The van der Waals surface area contributed by atoms with Crippen LogP contribution in [0, 0.1) is 0 Å². The second-order valence-electron chi connectivity index (χ2n) is 12.2. The summed E-state index contributed by atoms with van der Waals surface area (Å²) in [7, 11) is 0. The average Bonchev–Trinajstić information content (AvgIpc) is 3.56. The highest BCUT2D eigenvalue weighted by atomic mass is 32.2. The van der Waals surface area contributed by atoms with E-state index < -0.39 is 0 Å².